The zero-order valence-corrected chi connectivity index (χ0v) is 15.0. The van der Waals surface area contributed by atoms with E-state index in [2.05, 4.69) is 30.5 Å². The first-order chi connectivity index (χ1) is 11.5. The molecule has 0 aliphatic carbocycles. The molecular weight excluding hydrogens is 318 g/mol. The molecule has 0 fully saturated rings. The lowest BCUT2D eigenvalue weighted by Gasteiger charge is -2.23. The van der Waals surface area contributed by atoms with Gasteiger partial charge in [-0.15, -0.1) is 0 Å². The Balaban J connectivity index is 1.93. The van der Waals surface area contributed by atoms with Gasteiger partial charge in [0, 0.05) is 12.1 Å². The molecule has 1 aromatic carbocycles. The molecule has 0 atom stereocenters. The molecule has 0 radical (unpaired) electrons. The summed E-state index contributed by atoms with van der Waals surface area (Å²) >= 11 is 1.64. The molecule has 0 spiro atoms. The van der Waals surface area contributed by atoms with Crippen molar-refractivity contribution in [2.24, 2.45) is 0 Å². The van der Waals surface area contributed by atoms with Crippen LogP contribution in [0.4, 0.5) is 0 Å². The Bertz CT molecular complexity index is 760. The number of carbonyl (C=O) groups excluding carboxylic acids is 1. The smallest absolute Gasteiger partial charge is 0.255 e. The summed E-state index contributed by atoms with van der Waals surface area (Å²) < 4.78 is 5.46. The van der Waals surface area contributed by atoms with Gasteiger partial charge >= 0.3 is 0 Å². The van der Waals surface area contributed by atoms with Crippen LogP contribution < -0.4 is 0 Å². The number of furan rings is 1. The van der Waals surface area contributed by atoms with E-state index in [1.54, 1.807) is 17.6 Å². The lowest BCUT2D eigenvalue weighted by atomic mass is 9.98. The van der Waals surface area contributed by atoms with Crippen molar-refractivity contribution in [1.29, 1.82) is 0 Å². The lowest BCUT2D eigenvalue weighted by Crippen LogP contribution is -2.31. The number of hydrogen-bond acceptors (Lipinski definition) is 3. The zero-order valence-electron chi connectivity index (χ0n) is 14.2. The molecule has 24 heavy (non-hydrogen) atoms. The average molecular weight is 339 g/mol. The predicted octanol–water partition coefficient (Wildman–Crippen LogP) is 5.11. The van der Waals surface area contributed by atoms with Crippen LogP contribution in [-0.4, -0.2) is 10.8 Å². The zero-order chi connectivity index (χ0) is 17.1. The summed E-state index contributed by atoms with van der Waals surface area (Å²) in [6.45, 7) is 7.11. The third-order valence-corrected chi connectivity index (χ3v) is 4.79. The van der Waals surface area contributed by atoms with Crippen LogP contribution in [0.25, 0.3) is 0 Å². The Hall–Kier alpha value is -2.33. The van der Waals surface area contributed by atoms with Gasteiger partial charge in [-0.1, -0.05) is 17.7 Å². The van der Waals surface area contributed by atoms with E-state index in [9.17, 15) is 4.79 Å². The van der Waals surface area contributed by atoms with Crippen LogP contribution in [0, 0.1) is 20.8 Å². The largest absolute Gasteiger partial charge is 0.467 e. The fourth-order valence-corrected chi connectivity index (χ4v) is 3.73. The number of benzene rings is 1. The summed E-state index contributed by atoms with van der Waals surface area (Å²) in [6.07, 6.45) is 1.64. The van der Waals surface area contributed by atoms with Gasteiger partial charge in [0.15, 0.2) is 0 Å². The fourth-order valence-electron chi connectivity index (χ4n) is 3.07. The highest BCUT2D eigenvalue weighted by atomic mass is 32.1. The van der Waals surface area contributed by atoms with E-state index in [1.165, 1.54) is 5.56 Å². The van der Waals surface area contributed by atoms with Crippen molar-refractivity contribution >= 4 is 17.2 Å². The molecule has 0 N–H and O–H groups in total. The Labute approximate surface area is 146 Å². The summed E-state index contributed by atoms with van der Waals surface area (Å²) in [6, 6.07) is 9.95. The first-order valence-electron chi connectivity index (χ1n) is 7.95. The second kappa shape index (κ2) is 7.05. The predicted molar refractivity (Wildman–Crippen MR) is 97.3 cm³/mol. The van der Waals surface area contributed by atoms with Crippen molar-refractivity contribution in [2.45, 2.75) is 33.9 Å². The van der Waals surface area contributed by atoms with Crippen molar-refractivity contribution in [2.75, 3.05) is 0 Å². The third-order valence-electron chi connectivity index (χ3n) is 4.06. The summed E-state index contributed by atoms with van der Waals surface area (Å²) in [7, 11) is 0. The number of rotatable bonds is 5. The lowest BCUT2D eigenvalue weighted by molar-refractivity contribution is 0.0716. The third kappa shape index (κ3) is 3.60. The molecule has 1 amide bonds. The van der Waals surface area contributed by atoms with Gasteiger partial charge in [-0.25, -0.2) is 0 Å². The Morgan fingerprint density at radius 1 is 1.12 bits per heavy atom. The van der Waals surface area contributed by atoms with Crippen LogP contribution in [0.2, 0.25) is 0 Å². The normalized spacial score (nSPS) is 10.8. The molecule has 0 saturated heterocycles. The molecule has 2 heterocycles. The molecule has 3 aromatic rings. The number of nitrogens with zero attached hydrogens (tertiary/aromatic N) is 1. The number of amides is 1. The molecule has 2 aromatic heterocycles. The average Bonchev–Trinajstić information content (AvgIpc) is 3.18. The van der Waals surface area contributed by atoms with Crippen LogP contribution in [0.1, 0.15) is 38.4 Å². The van der Waals surface area contributed by atoms with Crippen molar-refractivity contribution in [1.82, 2.24) is 4.90 Å². The van der Waals surface area contributed by atoms with Gasteiger partial charge in [-0.2, -0.15) is 11.3 Å². The van der Waals surface area contributed by atoms with Gasteiger partial charge in [0.2, 0.25) is 0 Å². The van der Waals surface area contributed by atoms with E-state index >= 15 is 0 Å². The molecule has 0 unspecified atom stereocenters. The van der Waals surface area contributed by atoms with E-state index in [1.807, 2.05) is 36.3 Å². The first kappa shape index (κ1) is 16.5. The molecular formula is C20H21NO2S. The molecule has 124 valence electrons. The van der Waals surface area contributed by atoms with Crippen LogP contribution in [0.3, 0.4) is 0 Å². The standard InChI is InChI=1S/C20H21NO2S/c1-14-9-15(2)19(16(3)10-14)20(22)21(11-17-6-8-24-13-17)12-18-5-4-7-23-18/h4-10,13H,11-12H2,1-3H3. The number of thiophene rings is 1. The maximum absolute atomic E-state index is 13.2. The topological polar surface area (TPSA) is 33.5 Å². The van der Waals surface area contributed by atoms with Crippen molar-refractivity contribution in [3.63, 3.8) is 0 Å². The number of carbonyl (C=O) groups is 1. The Kier molecular flexibility index (Phi) is 4.86. The SMILES string of the molecule is Cc1cc(C)c(C(=O)N(Cc2ccsc2)Cc2ccco2)c(C)c1. The van der Waals surface area contributed by atoms with Crippen LogP contribution in [-0.2, 0) is 13.1 Å². The van der Waals surface area contributed by atoms with Gasteiger partial charge < -0.3 is 9.32 Å². The minimum absolute atomic E-state index is 0.0487. The van der Waals surface area contributed by atoms with E-state index in [0.29, 0.717) is 13.1 Å². The van der Waals surface area contributed by atoms with E-state index in [-0.39, 0.29) is 5.91 Å². The Morgan fingerprint density at radius 2 is 1.88 bits per heavy atom. The summed E-state index contributed by atoms with van der Waals surface area (Å²) in [5.74, 6) is 0.841. The maximum Gasteiger partial charge on any atom is 0.255 e. The minimum atomic E-state index is 0.0487. The van der Waals surface area contributed by atoms with Gasteiger partial charge in [0.05, 0.1) is 12.8 Å². The second-order valence-corrected chi connectivity index (χ2v) is 6.93. The van der Waals surface area contributed by atoms with Crippen LogP contribution in [0.5, 0.6) is 0 Å². The number of hydrogen-bond donors (Lipinski definition) is 0. The highest BCUT2D eigenvalue weighted by molar-refractivity contribution is 7.07. The van der Waals surface area contributed by atoms with Gasteiger partial charge in [-0.3, -0.25) is 4.79 Å². The van der Waals surface area contributed by atoms with Crippen LogP contribution >= 0.6 is 11.3 Å². The Morgan fingerprint density at radius 3 is 2.46 bits per heavy atom. The maximum atomic E-state index is 13.2. The van der Waals surface area contributed by atoms with Crippen molar-refractivity contribution in [3.8, 4) is 0 Å². The minimum Gasteiger partial charge on any atom is -0.467 e. The van der Waals surface area contributed by atoms with E-state index < -0.39 is 0 Å². The summed E-state index contributed by atoms with van der Waals surface area (Å²) in [5.41, 5.74) is 5.15. The van der Waals surface area contributed by atoms with Crippen molar-refractivity contribution < 1.29 is 9.21 Å². The molecule has 0 aliphatic rings. The molecule has 0 saturated carbocycles. The molecule has 0 bridgehead atoms. The quantitative estimate of drug-likeness (QED) is 0.647. The van der Waals surface area contributed by atoms with Gasteiger partial charge in [0.1, 0.15) is 5.76 Å². The molecule has 4 heteroatoms. The molecule has 0 aliphatic heterocycles. The fraction of sp³-hybridized carbons (Fsp3) is 0.250. The molecule has 3 nitrogen and oxygen atoms in total. The van der Waals surface area contributed by atoms with Gasteiger partial charge in [0.25, 0.3) is 5.91 Å². The first-order valence-corrected chi connectivity index (χ1v) is 8.89. The highest BCUT2D eigenvalue weighted by Crippen LogP contribution is 2.22. The van der Waals surface area contributed by atoms with E-state index in [4.69, 9.17) is 4.42 Å². The van der Waals surface area contributed by atoms with Crippen LogP contribution in [0.15, 0.2) is 51.8 Å². The summed E-state index contributed by atoms with van der Waals surface area (Å²) in [5, 5.41) is 4.12. The number of aryl methyl sites for hydroxylation is 3. The monoisotopic (exact) mass is 339 g/mol. The van der Waals surface area contributed by atoms with Gasteiger partial charge in [-0.05, 0) is 66.4 Å². The van der Waals surface area contributed by atoms with Crippen molar-refractivity contribution in [3.05, 3.63) is 80.9 Å². The summed E-state index contributed by atoms with van der Waals surface area (Å²) in [4.78, 5) is 15.1. The second-order valence-electron chi connectivity index (χ2n) is 6.15. The van der Waals surface area contributed by atoms with E-state index in [0.717, 1.165) is 28.0 Å². The molecule has 3 rings (SSSR count). The highest BCUT2D eigenvalue weighted by Gasteiger charge is 2.21.